The average Bonchev–Trinajstić information content (AvgIpc) is 3.00. The Hall–Kier alpha value is -3.01. The molecule has 1 aromatic heterocycles. The van der Waals surface area contributed by atoms with E-state index in [1.807, 2.05) is 24.3 Å². The molecule has 0 bridgehead atoms. The molecule has 140 valence electrons. The van der Waals surface area contributed by atoms with E-state index in [4.69, 9.17) is 9.47 Å². The highest BCUT2D eigenvalue weighted by molar-refractivity contribution is 5.87. The molecule has 0 saturated heterocycles. The standard InChI is InChI=1S/C23H25NO3/c1-16(2)14-24-21-8-6-5-7-19(21)13-22(24)18-9-11-20(12-10-18)26-15-27-23(25)17(3)4/h5-13,16H,3,14-15H2,1-2,4H3. The van der Waals surface area contributed by atoms with Crippen LogP contribution in [0.5, 0.6) is 5.75 Å². The Balaban J connectivity index is 1.80. The molecular formula is C23H25NO3. The third kappa shape index (κ3) is 4.40. The summed E-state index contributed by atoms with van der Waals surface area (Å²) in [6.45, 7) is 10.4. The second-order valence-corrected chi connectivity index (χ2v) is 7.09. The van der Waals surface area contributed by atoms with Gasteiger partial charge in [-0.1, -0.05) is 38.6 Å². The number of carbonyl (C=O) groups is 1. The molecule has 0 unspecified atom stereocenters. The molecule has 0 aliphatic carbocycles. The SMILES string of the molecule is C=C(C)C(=O)OCOc1ccc(-c2cc3ccccc3n2CC(C)C)cc1. The molecule has 0 aliphatic rings. The van der Waals surface area contributed by atoms with Gasteiger partial charge < -0.3 is 14.0 Å². The van der Waals surface area contributed by atoms with Crippen molar-refractivity contribution in [1.29, 1.82) is 0 Å². The molecule has 3 aromatic rings. The van der Waals surface area contributed by atoms with Crippen molar-refractivity contribution in [3.05, 3.63) is 66.7 Å². The Kier molecular flexibility index (Phi) is 5.65. The normalized spacial score (nSPS) is 11.0. The molecule has 3 rings (SSSR count). The summed E-state index contributed by atoms with van der Waals surface area (Å²) >= 11 is 0. The quantitative estimate of drug-likeness (QED) is 0.320. The summed E-state index contributed by atoms with van der Waals surface area (Å²) < 4.78 is 12.8. The van der Waals surface area contributed by atoms with E-state index in [0.717, 1.165) is 12.1 Å². The smallest absolute Gasteiger partial charge is 0.335 e. The molecule has 0 amide bonds. The Morgan fingerprint density at radius 3 is 2.48 bits per heavy atom. The highest BCUT2D eigenvalue weighted by Crippen LogP contribution is 2.30. The van der Waals surface area contributed by atoms with E-state index in [0.29, 0.717) is 17.2 Å². The van der Waals surface area contributed by atoms with Crippen LogP contribution in [0.15, 0.2) is 66.7 Å². The van der Waals surface area contributed by atoms with Crippen LogP contribution in [0.2, 0.25) is 0 Å². The molecule has 0 aliphatic heterocycles. The van der Waals surface area contributed by atoms with E-state index in [2.05, 4.69) is 55.3 Å². The minimum absolute atomic E-state index is 0.126. The molecule has 0 atom stereocenters. The van der Waals surface area contributed by atoms with Crippen molar-refractivity contribution < 1.29 is 14.3 Å². The fourth-order valence-corrected chi connectivity index (χ4v) is 3.01. The van der Waals surface area contributed by atoms with E-state index in [-0.39, 0.29) is 6.79 Å². The zero-order valence-electron chi connectivity index (χ0n) is 16.1. The van der Waals surface area contributed by atoms with Crippen LogP contribution in [0, 0.1) is 5.92 Å². The zero-order chi connectivity index (χ0) is 19.4. The van der Waals surface area contributed by atoms with Crippen molar-refractivity contribution in [3.8, 4) is 17.0 Å². The molecule has 0 fully saturated rings. The van der Waals surface area contributed by atoms with Crippen molar-refractivity contribution in [2.24, 2.45) is 5.92 Å². The number of hydrogen-bond acceptors (Lipinski definition) is 3. The Labute approximate surface area is 160 Å². The van der Waals surface area contributed by atoms with E-state index in [1.165, 1.54) is 16.6 Å². The molecular weight excluding hydrogens is 338 g/mol. The van der Waals surface area contributed by atoms with Crippen LogP contribution in [0.25, 0.3) is 22.2 Å². The third-order valence-electron chi connectivity index (χ3n) is 4.27. The molecule has 0 N–H and O–H groups in total. The minimum atomic E-state index is -0.454. The molecule has 4 nitrogen and oxygen atoms in total. The van der Waals surface area contributed by atoms with Gasteiger partial charge in [-0.15, -0.1) is 0 Å². The second-order valence-electron chi connectivity index (χ2n) is 7.09. The molecule has 0 radical (unpaired) electrons. The van der Waals surface area contributed by atoms with Gasteiger partial charge in [0.2, 0.25) is 6.79 Å². The van der Waals surface area contributed by atoms with E-state index >= 15 is 0 Å². The Bertz CT molecular complexity index is 951. The predicted octanol–water partition coefficient (Wildman–Crippen LogP) is 5.42. The van der Waals surface area contributed by atoms with Crippen molar-refractivity contribution >= 4 is 16.9 Å². The number of esters is 1. The molecule has 0 saturated carbocycles. The van der Waals surface area contributed by atoms with Gasteiger partial charge in [0.1, 0.15) is 5.75 Å². The lowest BCUT2D eigenvalue weighted by Gasteiger charge is -2.14. The van der Waals surface area contributed by atoms with Gasteiger partial charge in [-0.05, 0) is 54.8 Å². The summed E-state index contributed by atoms with van der Waals surface area (Å²) in [6.07, 6.45) is 0. The summed E-state index contributed by atoms with van der Waals surface area (Å²) in [5, 5.41) is 1.24. The summed E-state index contributed by atoms with van der Waals surface area (Å²) in [4.78, 5) is 11.4. The fourth-order valence-electron chi connectivity index (χ4n) is 3.01. The number of para-hydroxylation sites is 1. The number of fused-ring (bicyclic) bond motifs is 1. The molecule has 2 aromatic carbocycles. The van der Waals surface area contributed by atoms with Gasteiger partial charge in [0.15, 0.2) is 0 Å². The molecule has 27 heavy (non-hydrogen) atoms. The number of hydrogen-bond donors (Lipinski definition) is 0. The largest absolute Gasteiger partial charge is 0.457 e. The van der Waals surface area contributed by atoms with Gasteiger partial charge in [0, 0.05) is 28.7 Å². The lowest BCUT2D eigenvalue weighted by Crippen LogP contribution is -2.10. The van der Waals surface area contributed by atoms with Gasteiger partial charge in [0.25, 0.3) is 0 Å². The maximum Gasteiger partial charge on any atom is 0.335 e. The lowest BCUT2D eigenvalue weighted by molar-refractivity contribution is -0.145. The van der Waals surface area contributed by atoms with Gasteiger partial charge >= 0.3 is 5.97 Å². The van der Waals surface area contributed by atoms with Crippen LogP contribution in [0.1, 0.15) is 20.8 Å². The first kappa shape index (κ1) is 18.8. The monoisotopic (exact) mass is 363 g/mol. The Morgan fingerprint density at radius 2 is 1.81 bits per heavy atom. The van der Waals surface area contributed by atoms with E-state index in [9.17, 15) is 4.79 Å². The number of benzene rings is 2. The van der Waals surface area contributed by atoms with E-state index in [1.54, 1.807) is 6.92 Å². The van der Waals surface area contributed by atoms with Gasteiger partial charge in [-0.2, -0.15) is 0 Å². The number of aromatic nitrogens is 1. The van der Waals surface area contributed by atoms with Crippen molar-refractivity contribution in [1.82, 2.24) is 4.57 Å². The molecule has 1 heterocycles. The first-order valence-corrected chi connectivity index (χ1v) is 9.10. The van der Waals surface area contributed by atoms with Crippen LogP contribution in [0.3, 0.4) is 0 Å². The van der Waals surface area contributed by atoms with Crippen molar-refractivity contribution in [2.75, 3.05) is 6.79 Å². The second kappa shape index (κ2) is 8.12. The minimum Gasteiger partial charge on any atom is -0.457 e. The molecule has 0 spiro atoms. The number of rotatable bonds is 7. The summed E-state index contributed by atoms with van der Waals surface area (Å²) in [7, 11) is 0. The highest BCUT2D eigenvalue weighted by Gasteiger charge is 2.12. The first-order chi connectivity index (χ1) is 13.0. The van der Waals surface area contributed by atoms with Crippen LogP contribution in [-0.2, 0) is 16.1 Å². The van der Waals surface area contributed by atoms with Crippen LogP contribution in [-0.4, -0.2) is 17.3 Å². The Morgan fingerprint density at radius 1 is 1.11 bits per heavy atom. The van der Waals surface area contributed by atoms with Gasteiger partial charge in [-0.3, -0.25) is 0 Å². The highest BCUT2D eigenvalue weighted by atomic mass is 16.7. The van der Waals surface area contributed by atoms with Crippen LogP contribution in [0.4, 0.5) is 0 Å². The summed E-state index contributed by atoms with van der Waals surface area (Å²) in [5.74, 6) is 0.745. The molecule has 4 heteroatoms. The van der Waals surface area contributed by atoms with Gasteiger partial charge in [-0.25, -0.2) is 4.79 Å². The van der Waals surface area contributed by atoms with Crippen LogP contribution >= 0.6 is 0 Å². The average molecular weight is 363 g/mol. The number of nitrogens with zero attached hydrogens (tertiary/aromatic N) is 1. The fraction of sp³-hybridized carbons (Fsp3) is 0.261. The summed E-state index contributed by atoms with van der Waals surface area (Å²) in [5.41, 5.74) is 3.91. The predicted molar refractivity (Wildman–Crippen MR) is 109 cm³/mol. The number of ether oxygens (including phenoxy) is 2. The van der Waals surface area contributed by atoms with Crippen LogP contribution < -0.4 is 4.74 Å². The third-order valence-corrected chi connectivity index (χ3v) is 4.27. The summed E-state index contributed by atoms with van der Waals surface area (Å²) in [6, 6.07) is 18.5. The lowest BCUT2D eigenvalue weighted by atomic mass is 10.1. The maximum atomic E-state index is 11.4. The van der Waals surface area contributed by atoms with E-state index < -0.39 is 5.97 Å². The maximum absolute atomic E-state index is 11.4. The topological polar surface area (TPSA) is 40.5 Å². The first-order valence-electron chi connectivity index (χ1n) is 9.10. The van der Waals surface area contributed by atoms with Gasteiger partial charge in [0.05, 0.1) is 0 Å². The van der Waals surface area contributed by atoms with Crippen molar-refractivity contribution in [3.63, 3.8) is 0 Å². The zero-order valence-corrected chi connectivity index (χ0v) is 16.1. The number of carbonyl (C=O) groups excluding carboxylic acids is 1. The van der Waals surface area contributed by atoms with Crippen molar-refractivity contribution in [2.45, 2.75) is 27.3 Å².